The number of carbonyl (C=O) groups excluding carboxylic acids is 1. The maximum Gasteiger partial charge on any atom is 0.149 e. The molecule has 5 rings (SSSR count). The summed E-state index contributed by atoms with van der Waals surface area (Å²) >= 11 is 0. The van der Waals surface area contributed by atoms with Crippen LogP contribution in [-0.4, -0.2) is 43.0 Å². The van der Waals surface area contributed by atoms with Gasteiger partial charge in [0.2, 0.25) is 0 Å². The van der Waals surface area contributed by atoms with E-state index in [1.54, 1.807) is 7.11 Å². The highest BCUT2D eigenvalue weighted by Gasteiger charge is 2.49. The van der Waals surface area contributed by atoms with E-state index in [9.17, 15) is 4.79 Å². The van der Waals surface area contributed by atoms with Crippen LogP contribution in [0.25, 0.3) is 10.9 Å². The van der Waals surface area contributed by atoms with E-state index in [2.05, 4.69) is 29.1 Å². The Bertz CT molecular complexity index is 929. The van der Waals surface area contributed by atoms with Gasteiger partial charge >= 0.3 is 0 Å². The number of allylic oxidation sites excluding steroid dienone is 2. The third-order valence-corrected chi connectivity index (χ3v) is 6.82. The van der Waals surface area contributed by atoms with Crippen LogP contribution in [0, 0.1) is 11.8 Å². The monoisotopic (exact) mass is 352 g/mol. The van der Waals surface area contributed by atoms with Gasteiger partial charge in [0.25, 0.3) is 0 Å². The lowest BCUT2D eigenvalue weighted by atomic mass is 9.67. The number of methoxy groups -OCH3 is 1. The Kier molecular flexibility index (Phi) is 3.44. The molecule has 3 aliphatic heterocycles. The normalized spacial score (nSPS) is 30.6. The topological polar surface area (TPSA) is 54.6 Å². The van der Waals surface area contributed by atoms with Gasteiger partial charge in [0.15, 0.2) is 0 Å². The van der Waals surface area contributed by atoms with Crippen LogP contribution in [0.5, 0.6) is 5.75 Å². The molecule has 1 aromatic carbocycles. The first-order valence-corrected chi connectivity index (χ1v) is 9.31. The van der Waals surface area contributed by atoms with Crippen molar-refractivity contribution in [1.82, 2.24) is 9.88 Å². The Morgan fingerprint density at radius 1 is 1.38 bits per heavy atom. The van der Waals surface area contributed by atoms with Gasteiger partial charge < -0.3 is 14.5 Å². The molecule has 4 heterocycles. The minimum absolute atomic E-state index is 0.293. The number of likely N-dealkylation sites (N-methyl/N-ethyl adjacent to an activating group) is 1. The Morgan fingerprint density at radius 3 is 3.00 bits per heavy atom. The first-order valence-electron chi connectivity index (χ1n) is 9.31. The standard InChI is InChI=1S/C21H24N2O3/c1-11-16(9-24)14-7-20-21-15(8-19(23(20)2)17(14)10-26-11)13-5-4-12(25-3)6-18(13)22-21/h4-6,9,14,17,19-20,22H,7-8,10H2,1-3H3/t14-,17+,19-,20-/m0/s1. The fraction of sp³-hybridized carbons (Fsp3) is 0.476. The van der Waals surface area contributed by atoms with E-state index >= 15 is 0 Å². The molecular weight excluding hydrogens is 328 g/mol. The summed E-state index contributed by atoms with van der Waals surface area (Å²) in [6, 6.07) is 6.99. The van der Waals surface area contributed by atoms with E-state index in [1.807, 2.05) is 13.0 Å². The van der Waals surface area contributed by atoms with Gasteiger partial charge in [-0.25, -0.2) is 0 Å². The van der Waals surface area contributed by atoms with Gasteiger partial charge in [-0.3, -0.25) is 9.69 Å². The lowest BCUT2D eigenvalue weighted by molar-refractivity contribution is -0.107. The number of nitrogens with one attached hydrogen (secondary N) is 1. The molecule has 0 amide bonds. The Labute approximate surface area is 153 Å². The molecule has 5 heteroatoms. The molecule has 2 bridgehead atoms. The Balaban J connectivity index is 1.63. The van der Waals surface area contributed by atoms with Crippen LogP contribution >= 0.6 is 0 Å². The maximum atomic E-state index is 11.7. The van der Waals surface area contributed by atoms with E-state index in [-0.39, 0.29) is 0 Å². The fourth-order valence-corrected chi connectivity index (χ4v) is 5.42. The van der Waals surface area contributed by atoms with Crippen molar-refractivity contribution in [2.75, 3.05) is 20.8 Å². The Hall–Kier alpha value is -2.27. The number of nitrogens with zero attached hydrogens (tertiary/aromatic N) is 1. The number of hydrogen-bond donors (Lipinski definition) is 1. The molecule has 0 aliphatic carbocycles. The number of carbonyl (C=O) groups is 1. The number of benzene rings is 1. The van der Waals surface area contributed by atoms with Crippen LogP contribution in [0.15, 0.2) is 29.5 Å². The van der Waals surface area contributed by atoms with Gasteiger partial charge in [-0.05, 0) is 50.4 Å². The first-order chi connectivity index (χ1) is 12.6. The van der Waals surface area contributed by atoms with Crippen molar-refractivity contribution < 1.29 is 14.3 Å². The SMILES string of the molecule is COc1ccc2c3c([nH]c2c1)[C@@H]1C[C@H]2C(C=O)=C(C)OC[C@H]2[C@H](C3)N1C. The summed E-state index contributed by atoms with van der Waals surface area (Å²) < 4.78 is 11.3. The van der Waals surface area contributed by atoms with Crippen molar-refractivity contribution in [3.8, 4) is 5.75 Å². The number of H-pyrrole nitrogens is 1. The number of hydrogen-bond acceptors (Lipinski definition) is 4. The molecule has 2 aromatic rings. The highest BCUT2D eigenvalue weighted by molar-refractivity contribution is 5.86. The smallest absolute Gasteiger partial charge is 0.149 e. The summed E-state index contributed by atoms with van der Waals surface area (Å²) in [5, 5.41) is 1.29. The zero-order valence-corrected chi connectivity index (χ0v) is 15.4. The number of piperidine rings is 1. The van der Waals surface area contributed by atoms with Crippen molar-refractivity contribution >= 4 is 17.2 Å². The molecule has 0 radical (unpaired) electrons. The third-order valence-electron chi connectivity index (χ3n) is 6.82. The summed E-state index contributed by atoms with van der Waals surface area (Å²) in [5.41, 5.74) is 4.73. The summed E-state index contributed by atoms with van der Waals surface area (Å²) in [7, 11) is 3.91. The number of rotatable bonds is 2. The van der Waals surface area contributed by atoms with Crippen LogP contribution < -0.4 is 4.74 Å². The molecule has 3 aliphatic rings. The number of fused-ring (bicyclic) bond motifs is 8. The molecule has 1 fully saturated rings. The predicted octanol–water partition coefficient (Wildman–Crippen LogP) is 3.21. The summed E-state index contributed by atoms with van der Waals surface area (Å²) in [6.45, 7) is 2.63. The zero-order chi connectivity index (χ0) is 18.0. The molecule has 0 spiro atoms. The summed E-state index contributed by atoms with van der Waals surface area (Å²) in [4.78, 5) is 17.9. The maximum absolute atomic E-state index is 11.7. The lowest BCUT2D eigenvalue weighted by Gasteiger charge is -2.52. The van der Waals surface area contributed by atoms with Crippen molar-refractivity contribution in [2.24, 2.45) is 11.8 Å². The molecule has 1 saturated heterocycles. The number of aldehydes is 1. The van der Waals surface area contributed by atoms with Gasteiger partial charge in [0.05, 0.1) is 25.5 Å². The van der Waals surface area contributed by atoms with Crippen molar-refractivity contribution in [3.63, 3.8) is 0 Å². The molecule has 0 saturated carbocycles. The van der Waals surface area contributed by atoms with Gasteiger partial charge in [-0.15, -0.1) is 0 Å². The van der Waals surface area contributed by atoms with Crippen LogP contribution in [-0.2, 0) is 16.0 Å². The molecule has 4 atom stereocenters. The molecule has 0 unspecified atom stereocenters. The average Bonchev–Trinajstić information content (AvgIpc) is 3.00. The van der Waals surface area contributed by atoms with E-state index < -0.39 is 0 Å². The lowest BCUT2D eigenvalue weighted by Crippen LogP contribution is -2.55. The van der Waals surface area contributed by atoms with Crippen LogP contribution in [0.3, 0.4) is 0 Å². The largest absolute Gasteiger partial charge is 0.497 e. The summed E-state index contributed by atoms with van der Waals surface area (Å²) in [6.07, 6.45) is 2.97. The second-order valence-electron chi connectivity index (χ2n) is 7.83. The number of aromatic amines is 1. The summed E-state index contributed by atoms with van der Waals surface area (Å²) in [5.74, 6) is 2.35. The minimum atomic E-state index is 0.293. The predicted molar refractivity (Wildman–Crippen MR) is 99.2 cm³/mol. The molecule has 1 aromatic heterocycles. The van der Waals surface area contributed by atoms with Gasteiger partial charge in [-0.2, -0.15) is 0 Å². The molecule has 5 nitrogen and oxygen atoms in total. The molecule has 26 heavy (non-hydrogen) atoms. The van der Waals surface area contributed by atoms with E-state index in [0.29, 0.717) is 30.5 Å². The highest BCUT2D eigenvalue weighted by atomic mass is 16.5. The van der Waals surface area contributed by atoms with E-state index in [0.717, 1.165) is 41.7 Å². The van der Waals surface area contributed by atoms with Gasteiger partial charge in [0, 0.05) is 40.2 Å². The quantitative estimate of drug-likeness (QED) is 0.843. The fourth-order valence-electron chi connectivity index (χ4n) is 5.42. The highest BCUT2D eigenvalue weighted by Crippen LogP contribution is 2.51. The average molecular weight is 352 g/mol. The van der Waals surface area contributed by atoms with Gasteiger partial charge in [-0.1, -0.05) is 0 Å². The second kappa shape index (κ2) is 5.61. The van der Waals surface area contributed by atoms with E-state index in [4.69, 9.17) is 9.47 Å². The van der Waals surface area contributed by atoms with Crippen molar-refractivity contribution in [1.29, 1.82) is 0 Å². The van der Waals surface area contributed by atoms with Crippen molar-refractivity contribution in [3.05, 3.63) is 40.8 Å². The van der Waals surface area contributed by atoms with Crippen molar-refractivity contribution in [2.45, 2.75) is 31.8 Å². The number of ether oxygens (including phenoxy) is 2. The third kappa shape index (κ3) is 2.04. The van der Waals surface area contributed by atoms with Crippen LogP contribution in [0.4, 0.5) is 0 Å². The Morgan fingerprint density at radius 2 is 2.23 bits per heavy atom. The van der Waals surface area contributed by atoms with Gasteiger partial charge in [0.1, 0.15) is 12.0 Å². The molecule has 1 N–H and O–H groups in total. The second-order valence-corrected chi connectivity index (χ2v) is 7.83. The van der Waals surface area contributed by atoms with Crippen LogP contribution in [0.1, 0.15) is 30.6 Å². The zero-order valence-electron chi connectivity index (χ0n) is 15.4. The minimum Gasteiger partial charge on any atom is -0.497 e. The number of aromatic nitrogens is 1. The first kappa shape index (κ1) is 15.9. The molecular formula is C21H24N2O3. The van der Waals surface area contributed by atoms with Crippen LogP contribution in [0.2, 0.25) is 0 Å². The van der Waals surface area contributed by atoms with E-state index in [1.165, 1.54) is 16.6 Å². The molecule has 136 valence electrons.